The average Bonchev–Trinajstić information content (AvgIpc) is 3.29. The number of fused-ring (bicyclic) bond motifs is 1. The minimum atomic E-state index is -3.68. The Bertz CT molecular complexity index is 1140. The van der Waals surface area contributed by atoms with Gasteiger partial charge < -0.3 is 15.2 Å². The van der Waals surface area contributed by atoms with Crippen LogP contribution in [0.3, 0.4) is 0 Å². The van der Waals surface area contributed by atoms with Crippen LogP contribution in [0.1, 0.15) is 55.8 Å². The van der Waals surface area contributed by atoms with Crippen LogP contribution in [0.15, 0.2) is 34.0 Å². The Morgan fingerprint density at radius 2 is 1.88 bits per heavy atom. The van der Waals surface area contributed by atoms with Crippen molar-refractivity contribution < 1.29 is 13.2 Å². The summed E-state index contributed by atoms with van der Waals surface area (Å²) in [4.78, 5) is 30.2. The van der Waals surface area contributed by atoms with E-state index in [0.717, 1.165) is 45.3 Å². The molecule has 0 aliphatic carbocycles. The maximum Gasteiger partial charge on any atom is 0.252 e. The summed E-state index contributed by atoms with van der Waals surface area (Å²) in [5.41, 5.74) is 0.263. The molecule has 2 saturated heterocycles. The van der Waals surface area contributed by atoms with Gasteiger partial charge in [0.05, 0.1) is 10.5 Å². The lowest BCUT2D eigenvalue weighted by molar-refractivity contribution is 0.0953. The molecule has 1 atom stereocenters. The van der Waals surface area contributed by atoms with Crippen molar-refractivity contribution in [3.8, 4) is 0 Å². The molecule has 0 radical (unpaired) electrons. The Kier molecular flexibility index (Phi) is 6.97. The standard InChI is InChI=1S/C23H32N4O4S/c1-17-7-2-3-14-27(17)32(30,31)18-8-9-21-19(15-18)20(16-22(28)25-21)23(29)24-10-6-13-26-11-4-5-12-26/h8-9,15-17H,2-7,10-14H2,1H3,(H,24,29)(H,25,28)/t17-/m1/s1. The number of carbonyl (C=O) groups excluding carboxylic acids is 1. The van der Waals surface area contributed by atoms with Gasteiger partial charge in [0.2, 0.25) is 15.6 Å². The molecule has 0 bridgehead atoms. The third kappa shape index (κ3) is 4.89. The average molecular weight is 461 g/mol. The number of rotatable bonds is 7. The van der Waals surface area contributed by atoms with Gasteiger partial charge in [0.1, 0.15) is 0 Å². The summed E-state index contributed by atoms with van der Waals surface area (Å²) in [5, 5.41) is 3.33. The predicted molar refractivity (Wildman–Crippen MR) is 124 cm³/mol. The number of benzene rings is 1. The fourth-order valence-corrected chi connectivity index (χ4v) is 6.48. The van der Waals surface area contributed by atoms with E-state index < -0.39 is 10.0 Å². The van der Waals surface area contributed by atoms with Gasteiger partial charge in [0, 0.05) is 36.1 Å². The first-order valence-corrected chi connectivity index (χ1v) is 13.0. The molecule has 1 amide bonds. The summed E-state index contributed by atoms with van der Waals surface area (Å²) < 4.78 is 28.1. The van der Waals surface area contributed by atoms with Crippen molar-refractivity contribution in [3.05, 3.63) is 40.2 Å². The summed E-state index contributed by atoms with van der Waals surface area (Å²) in [5.74, 6) is -0.358. The van der Waals surface area contributed by atoms with E-state index >= 15 is 0 Å². The first kappa shape index (κ1) is 22.9. The number of likely N-dealkylation sites (tertiary alicyclic amines) is 1. The van der Waals surface area contributed by atoms with Crippen LogP contribution >= 0.6 is 0 Å². The molecular weight excluding hydrogens is 428 g/mol. The molecule has 2 aliphatic rings. The highest BCUT2D eigenvalue weighted by molar-refractivity contribution is 7.89. The highest BCUT2D eigenvalue weighted by atomic mass is 32.2. The van der Waals surface area contributed by atoms with Crippen LogP contribution in [-0.2, 0) is 10.0 Å². The lowest BCUT2D eigenvalue weighted by atomic mass is 10.1. The Balaban J connectivity index is 1.56. The maximum atomic E-state index is 13.3. The fourth-order valence-electron chi connectivity index (χ4n) is 4.75. The molecule has 9 heteroatoms. The summed E-state index contributed by atoms with van der Waals surface area (Å²) in [6, 6.07) is 5.78. The highest BCUT2D eigenvalue weighted by Crippen LogP contribution is 2.27. The SMILES string of the molecule is C[C@@H]1CCCCN1S(=O)(=O)c1ccc2[nH]c(=O)cc(C(=O)NCCCN3CCCC3)c2c1. The topological polar surface area (TPSA) is 103 Å². The second-order valence-electron chi connectivity index (χ2n) is 8.87. The molecule has 174 valence electrons. The van der Waals surface area contributed by atoms with E-state index in [1.54, 1.807) is 10.4 Å². The number of sulfonamides is 1. The van der Waals surface area contributed by atoms with E-state index in [1.807, 2.05) is 6.92 Å². The van der Waals surface area contributed by atoms with E-state index in [1.165, 1.54) is 31.0 Å². The van der Waals surface area contributed by atoms with Crippen LogP contribution in [0.2, 0.25) is 0 Å². The molecule has 2 aromatic rings. The monoisotopic (exact) mass is 460 g/mol. The second-order valence-corrected chi connectivity index (χ2v) is 10.8. The minimum Gasteiger partial charge on any atom is -0.352 e. The number of aromatic nitrogens is 1. The summed E-state index contributed by atoms with van der Waals surface area (Å²) >= 11 is 0. The van der Waals surface area contributed by atoms with Crippen molar-refractivity contribution in [1.29, 1.82) is 0 Å². The van der Waals surface area contributed by atoms with Crippen LogP contribution in [0.25, 0.3) is 10.9 Å². The number of H-pyrrole nitrogens is 1. The number of nitrogens with zero attached hydrogens (tertiary/aromatic N) is 2. The third-order valence-corrected chi connectivity index (χ3v) is 8.55. The Hall–Kier alpha value is -2.23. The van der Waals surface area contributed by atoms with Crippen LogP contribution in [0.4, 0.5) is 0 Å². The fraction of sp³-hybridized carbons (Fsp3) is 0.565. The van der Waals surface area contributed by atoms with E-state index in [4.69, 9.17) is 0 Å². The summed E-state index contributed by atoms with van der Waals surface area (Å²) in [7, 11) is -3.68. The number of amides is 1. The normalized spacial score (nSPS) is 20.6. The molecule has 2 N–H and O–H groups in total. The molecule has 3 heterocycles. The number of piperidine rings is 1. The molecular formula is C23H32N4O4S. The van der Waals surface area contributed by atoms with Gasteiger partial charge in [-0.3, -0.25) is 9.59 Å². The molecule has 0 unspecified atom stereocenters. The van der Waals surface area contributed by atoms with Crippen LogP contribution in [-0.4, -0.2) is 67.3 Å². The zero-order valence-electron chi connectivity index (χ0n) is 18.6. The van der Waals surface area contributed by atoms with Crippen molar-refractivity contribution in [2.24, 2.45) is 0 Å². The first-order chi connectivity index (χ1) is 15.4. The van der Waals surface area contributed by atoms with Gasteiger partial charge in [0.25, 0.3) is 5.91 Å². The van der Waals surface area contributed by atoms with Gasteiger partial charge in [-0.25, -0.2) is 8.42 Å². The van der Waals surface area contributed by atoms with Crippen molar-refractivity contribution >= 4 is 26.8 Å². The molecule has 1 aromatic heterocycles. The van der Waals surface area contributed by atoms with Gasteiger partial charge >= 0.3 is 0 Å². The largest absolute Gasteiger partial charge is 0.352 e. The lowest BCUT2D eigenvalue weighted by Crippen LogP contribution is -2.41. The van der Waals surface area contributed by atoms with E-state index in [0.29, 0.717) is 24.0 Å². The zero-order chi connectivity index (χ0) is 22.7. The summed E-state index contributed by atoms with van der Waals surface area (Å²) in [6.07, 6.45) is 5.99. The maximum absolute atomic E-state index is 13.3. The molecule has 2 aliphatic heterocycles. The Morgan fingerprint density at radius 3 is 2.62 bits per heavy atom. The number of hydrogen-bond acceptors (Lipinski definition) is 5. The van der Waals surface area contributed by atoms with Crippen molar-refractivity contribution in [2.75, 3.05) is 32.7 Å². The van der Waals surface area contributed by atoms with Gasteiger partial charge in [-0.15, -0.1) is 0 Å². The van der Waals surface area contributed by atoms with Crippen LogP contribution in [0, 0.1) is 0 Å². The highest BCUT2D eigenvalue weighted by Gasteiger charge is 2.31. The van der Waals surface area contributed by atoms with Gasteiger partial charge in [-0.2, -0.15) is 4.31 Å². The van der Waals surface area contributed by atoms with Crippen molar-refractivity contribution in [1.82, 2.24) is 19.5 Å². The molecule has 4 rings (SSSR count). The Labute approximate surface area is 189 Å². The number of hydrogen-bond donors (Lipinski definition) is 2. The molecule has 32 heavy (non-hydrogen) atoms. The van der Waals surface area contributed by atoms with Crippen molar-refractivity contribution in [2.45, 2.75) is 56.4 Å². The van der Waals surface area contributed by atoms with Crippen molar-refractivity contribution in [3.63, 3.8) is 0 Å². The number of aromatic amines is 1. The van der Waals surface area contributed by atoms with Gasteiger partial charge in [-0.1, -0.05) is 6.42 Å². The molecule has 8 nitrogen and oxygen atoms in total. The van der Waals surface area contributed by atoms with Crippen LogP contribution < -0.4 is 10.9 Å². The van der Waals surface area contributed by atoms with E-state index in [9.17, 15) is 18.0 Å². The predicted octanol–water partition coefficient (Wildman–Crippen LogP) is 2.31. The summed E-state index contributed by atoms with van der Waals surface area (Å²) in [6.45, 7) is 6.09. The van der Waals surface area contributed by atoms with E-state index in [-0.39, 0.29) is 28.0 Å². The van der Waals surface area contributed by atoms with Gasteiger partial charge in [0.15, 0.2) is 0 Å². The first-order valence-electron chi connectivity index (χ1n) is 11.6. The third-order valence-electron chi connectivity index (χ3n) is 6.54. The lowest BCUT2D eigenvalue weighted by Gasteiger charge is -2.32. The van der Waals surface area contributed by atoms with E-state index in [2.05, 4.69) is 15.2 Å². The number of nitrogens with one attached hydrogen (secondary N) is 2. The molecule has 1 aromatic carbocycles. The molecule has 0 spiro atoms. The Morgan fingerprint density at radius 1 is 1.12 bits per heavy atom. The zero-order valence-corrected chi connectivity index (χ0v) is 19.4. The molecule has 2 fully saturated rings. The molecule has 0 saturated carbocycles. The van der Waals surface area contributed by atoms with Crippen LogP contribution in [0.5, 0.6) is 0 Å². The quantitative estimate of drug-likeness (QED) is 0.618. The minimum absolute atomic E-state index is 0.0570. The smallest absolute Gasteiger partial charge is 0.252 e. The van der Waals surface area contributed by atoms with Gasteiger partial charge in [-0.05, 0) is 76.9 Å². The number of carbonyl (C=O) groups is 1. The second kappa shape index (κ2) is 9.72. The number of pyridine rings is 1.